The summed E-state index contributed by atoms with van der Waals surface area (Å²) in [5, 5.41) is 3.49. The van der Waals surface area contributed by atoms with Crippen LogP contribution in [0.1, 0.15) is 28.6 Å². The monoisotopic (exact) mass is 409 g/mol. The van der Waals surface area contributed by atoms with Gasteiger partial charge in [0.1, 0.15) is 5.58 Å². The van der Waals surface area contributed by atoms with E-state index in [9.17, 15) is 9.59 Å². The number of benzene rings is 2. The van der Waals surface area contributed by atoms with E-state index in [-0.39, 0.29) is 11.7 Å². The fourth-order valence-corrected chi connectivity index (χ4v) is 3.86. The summed E-state index contributed by atoms with van der Waals surface area (Å²) in [5.74, 6) is 0.532. The van der Waals surface area contributed by atoms with Crippen molar-refractivity contribution in [2.45, 2.75) is 24.5 Å². The van der Waals surface area contributed by atoms with Crippen molar-refractivity contribution in [1.82, 2.24) is 5.32 Å². The van der Waals surface area contributed by atoms with Crippen molar-refractivity contribution >= 4 is 34.6 Å². The SMILES string of the molecule is C=CCNC(=O)[C@@H](C)OC(=O)c1oc2ccccc2c1CSCc1ccccc1. The zero-order chi connectivity index (χ0) is 20.6. The molecule has 0 saturated heterocycles. The van der Waals surface area contributed by atoms with Gasteiger partial charge in [0.25, 0.3) is 5.91 Å². The maximum atomic E-state index is 12.7. The van der Waals surface area contributed by atoms with E-state index in [1.807, 2.05) is 42.5 Å². The summed E-state index contributed by atoms with van der Waals surface area (Å²) in [6.07, 6.45) is 0.633. The predicted molar refractivity (Wildman–Crippen MR) is 116 cm³/mol. The number of furan rings is 1. The highest BCUT2D eigenvalue weighted by Gasteiger charge is 2.25. The van der Waals surface area contributed by atoms with E-state index in [0.717, 1.165) is 16.7 Å². The van der Waals surface area contributed by atoms with Gasteiger partial charge in [-0.05, 0) is 18.6 Å². The van der Waals surface area contributed by atoms with Crippen molar-refractivity contribution in [3.8, 4) is 0 Å². The van der Waals surface area contributed by atoms with Crippen molar-refractivity contribution in [3.05, 3.63) is 84.1 Å². The lowest BCUT2D eigenvalue weighted by atomic mass is 10.1. The highest BCUT2D eigenvalue weighted by molar-refractivity contribution is 7.97. The molecule has 0 saturated carbocycles. The Balaban J connectivity index is 1.76. The number of esters is 1. The number of hydrogen-bond acceptors (Lipinski definition) is 5. The molecule has 1 N–H and O–H groups in total. The van der Waals surface area contributed by atoms with E-state index in [1.165, 1.54) is 12.5 Å². The van der Waals surface area contributed by atoms with Gasteiger partial charge in [-0.25, -0.2) is 4.79 Å². The van der Waals surface area contributed by atoms with Crippen molar-refractivity contribution in [1.29, 1.82) is 0 Å². The third-order valence-electron chi connectivity index (χ3n) is 4.32. The number of carbonyl (C=O) groups excluding carboxylic acids is 2. The first-order chi connectivity index (χ1) is 14.1. The molecule has 5 nitrogen and oxygen atoms in total. The molecule has 1 amide bonds. The number of rotatable bonds is 9. The molecule has 3 aromatic rings. The Morgan fingerprint density at radius 2 is 1.86 bits per heavy atom. The molecule has 0 spiro atoms. The van der Waals surface area contributed by atoms with E-state index >= 15 is 0 Å². The number of amides is 1. The van der Waals surface area contributed by atoms with E-state index < -0.39 is 12.1 Å². The summed E-state index contributed by atoms with van der Waals surface area (Å²) in [6, 6.07) is 17.6. The summed E-state index contributed by atoms with van der Waals surface area (Å²) in [6.45, 7) is 5.39. The summed E-state index contributed by atoms with van der Waals surface area (Å²) in [7, 11) is 0. The van der Waals surface area contributed by atoms with Crippen LogP contribution in [-0.4, -0.2) is 24.5 Å². The lowest BCUT2D eigenvalue weighted by molar-refractivity contribution is -0.128. The zero-order valence-corrected chi connectivity index (χ0v) is 17.0. The second kappa shape index (κ2) is 9.98. The molecule has 29 heavy (non-hydrogen) atoms. The average Bonchev–Trinajstić information content (AvgIpc) is 3.11. The quantitative estimate of drug-likeness (QED) is 0.409. The molecular weight excluding hydrogens is 386 g/mol. The Morgan fingerprint density at radius 1 is 1.14 bits per heavy atom. The third kappa shape index (κ3) is 5.29. The number of nitrogens with one attached hydrogen (secondary N) is 1. The Kier molecular flexibility index (Phi) is 7.14. The smallest absolute Gasteiger partial charge is 0.375 e. The number of fused-ring (bicyclic) bond motifs is 1. The molecule has 0 bridgehead atoms. The molecule has 6 heteroatoms. The maximum Gasteiger partial charge on any atom is 0.375 e. The van der Waals surface area contributed by atoms with E-state index in [0.29, 0.717) is 17.9 Å². The molecule has 0 radical (unpaired) electrons. The minimum absolute atomic E-state index is 0.148. The molecule has 1 heterocycles. The molecule has 0 aliphatic heterocycles. The van der Waals surface area contributed by atoms with Gasteiger partial charge in [-0.2, -0.15) is 11.8 Å². The van der Waals surface area contributed by atoms with Crippen LogP contribution in [0.3, 0.4) is 0 Å². The molecule has 1 atom stereocenters. The first-order valence-corrected chi connectivity index (χ1v) is 10.5. The van der Waals surface area contributed by atoms with Crippen LogP contribution in [-0.2, 0) is 21.0 Å². The lowest BCUT2D eigenvalue weighted by Gasteiger charge is -2.12. The zero-order valence-electron chi connectivity index (χ0n) is 16.2. The summed E-state index contributed by atoms with van der Waals surface area (Å²) < 4.78 is 11.1. The van der Waals surface area contributed by atoms with E-state index in [1.54, 1.807) is 17.8 Å². The third-order valence-corrected chi connectivity index (χ3v) is 5.35. The van der Waals surface area contributed by atoms with E-state index in [2.05, 4.69) is 24.0 Å². The highest BCUT2D eigenvalue weighted by Crippen LogP contribution is 2.31. The predicted octanol–water partition coefficient (Wildman–Crippen LogP) is 4.71. The number of carbonyl (C=O) groups is 2. The Hall–Kier alpha value is -2.99. The van der Waals surface area contributed by atoms with Gasteiger partial charge in [0.2, 0.25) is 5.76 Å². The first-order valence-electron chi connectivity index (χ1n) is 9.31. The van der Waals surface area contributed by atoms with Gasteiger partial charge in [-0.3, -0.25) is 4.79 Å². The second-order valence-corrected chi connectivity index (χ2v) is 7.45. The average molecular weight is 410 g/mol. The van der Waals surface area contributed by atoms with Gasteiger partial charge in [-0.1, -0.05) is 54.6 Å². The van der Waals surface area contributed by atoms with Crippen LogP contribution >= 0.6 is 11.8 Å². The minimum atomic E-state index is -0.930. The van der Waals surface area contributed by atoms with Crippen molar-refractivity contribution in [2.24, 2.45) is 0 Å². The summed E-state index contributed by atoms with van der Waals surface area (Å²) in [5.41, 5.74) is 2.62. The minimum Gasteiger partial charge on any atom is -0.449 e. The molecule has 1 aromatic heterocycles. The highest BCUT2D eigenvalue weighted by atomic mass is 32.2. The van der Waals surface area contributed by atoms with Crippen LogP contribution in [0.25, 0.3) is 11.0 Å². The molecular formula is C23H23NO4S. The van der Waals surface area contributed by atoms with Crippen LogP contribution in [0, 0.1) is 0 Å². The van der Waals surface area contributed by atoms with Gasteiger partial charge in [0.15, 0.2) is 6.10 Å². The van der Waals surface area contributed by atoms with Gasteiger partial charge < -0.3 is 14.5 Å². The van der Waals surface area contributed by atoms with Gasteiger partial charge in [0, 0.05) is 29.0 Å². The number of para-hydroxylation sites is 1. The van der Waals surface area contributed by atoms with Crippen LogP contribution in [0.4, 0.5) is 0 Å². The topological polar surface area (TPSA) is 68.5 Å². The van der Waals surface area contributed by atoms with Crippen molar-refractivity contribution in [2.75, 3.05) is 6.54 Å². The molecule has 0 aliphatic carbocycles. The van der Waals surface area contributed by atoms with Crippen LogP contribution in [0.5, 0.6) is 0 Å². The fraction of sp³-hybridized carbons (Fsp3) is 0.217. The molecule has 150 valence electrons. The Bertz CT molecular complexity index is 997. The molecule has 0 aliphatic rings. The second-order valence-electron chi connectivity index (χ2n) is 6.47. The number of ether oxygens (including phenoxy) is 1. The fourth-order valence-electron chi connectivity index (χ4n) is 2.84. The lowest BCUT2D eigenvalue weighted by Crippen LogP contribution is -2.35. The summed E-state index contributed by atoms with van der Waals surface area (Å²) >= 11 is 1.69. The normalized spacial score (nSPS) is 11.8. The van der Waals surface area contributed by atoms with Gasteiger partial charge in [-0.15, -0.1) is 6.58 Å². The number of hydrogen-bond donors (Lipinski definition) is 1. The van der Waals surface area contributed by atoms with Gasteiger partial charge >= 0.3 is 5.97 Å². The van der Waals surface area contributed by atoms with Crippen LogP contribution in [0.2, 0.25) is 0 Å². The van der Waals surface area contributed by atoms with Gasteiger partial charge in [0.05, 0.1) is 0 Å². The Morgan fingerprint density at radius 3 is 2.62 bits per heavy atom. The largest absolute Gasteiger partial charge is 0.449 e. The van der Waals surface area contributed by atoms with E-state index in [4.69, 9.17) is 9.15 Å². The van der Waals surface area contributed by atoms with Crippen LogP contribution in [0.15, 0.2) is 71.7 Å². The molecule has 0 fully saturated rings. The Labute approximate surface area is 174 Å². The standard InChI is InChI=1S/C23H23NO4S/c1-3-13-24-22(25)16(2)27-23(26)21-19(18-11-7-8-12-20(18)28-21)15-29-14-17-9-5-4-6-10-17/h3-12,16H,1,13-15H2,2H3,(H,24,25)/t16-/m1/s1. The molecule has 3 rings (SSSR count). The number of thioether (sulfide) groups is 1. The maximum absolute atomic E-state index is 12.7. The molecule has 2 aromatic carbocycles. The molecule has 0 unspecified atom stereocenters. The first kappa shape index (κ1) is 20.7. The van der Waals surface area contributed by atoms with Crippen molar-refractivity contribution in [3.63, 3.8) is 0 Å². The summed E-state index contributed by atoms with van der Waals surface area (Å²) in [4.78, 5) is 24.7. The van der Waals surface area contributed by atoms with Crippen molar-refractivity contribution < 1.29 is 18.7 Å². The van der Waals surface area contributed by atoms with Crippen LogP contribution < -0.4 is 5.32 Å².